The van der Waals surface area contributed by atoms with Gasteiger partial charge in [0.05, 0.1) is 0 Å². The van der Waals surface area contributed by atoms with Gasteiger partial charge in [-0.2, -0.15) is 0 Å². The van der Waals surface area contributed by atoms with E-state index in [2.05, 4.69) is 5.32 Å². The van der Waals surface area contributed by atoms with Crippen LogP contribution in [0, 0.1) is 0 Å². The Hall–Kier alpha value is -0.570. The molecule has 1 fully saturated rings. The molecule has 0 bridgehead atoms. The van der Waals surface area contributed by atoms with Crippen molar-refractivity contribution in [1.29, 1.82) is 0 Å². The minimum absolute atomic E-state index is 0.0394. The third-order valence-corrected chi connectivity index (χ3v) is 1.65. The Morgan fingerprint density at radius 2 is 2.36 bits per heavy atom. The first-order chi connectivity index (χ1) is 5.20. The molecule has 0 aromatic rings. The molecule has 1 saturated heterocycles. The van der Waals surface area contributed by atoms with E-state index >= 15 is 0 Å². The van der Waals surface area contributed by atoms with Crippen molar-refractivity contribution in [2.24, 2.45) is 0 Å². The average Bonchev–Trinajstić information content (AvgIpc) is 2.35. The number of nitrogens with one attached hydrogen (secondary N) is 1. The van der Waals surface area contributed by atoms with Crippen LogP contribution in [0.4, 0.5) is 0 Å². The second kappa shape index (κ2) is 3.72. The highest BCUT2D eigenvalue weighted by Crippen LogP contribution is 2.11. The van der Waals surface area contributed by atoms with Crippen molar-refractivity contribution in [3.63, 3.8) is 0 Å². The van der Waals surface area contributed by atoms with E-state index in [1.54, 1.807) is 0 Å². The highest BCUT2D eigenvalue weighted by Gasteiger charge is 2.23. The summed E-state index contributed by atoms with van der Waals surface area (Å²) in [7, 11) is 0. The van der Waals surface area contributed by atoms with Crippen molar-refractivity contribution in [3.8, 4) is 0 Å². The maximum absolute atomic E-state index is 11.2. The lowest BCUT2D eigenvalue weighted by Crippen LogP contribution is -2.38. The van der Waals surface area contributed by atoms with Gasteiger partial charge in [-0.1, -0.05) is 0 Å². The normalized spacial score (nSPS) is 24.1. The molecule has 11 heavy (non-hydrogen) atoms. The molecule has 1 atom stereocenters. The van der Waals surface area contributed by atoms with Crippen LogP contribution in [-0.2, 0) is 9.53 Å². The summed E-state index contributed by atoms with van der Waals surface area (Å²) in [6.45, 7) is 4.63. The van der Waals surface area contributed by atoms with E-state index in [0.717, 1.165) is 19.4 Å². The lowest BCUT2D eigenvalue weighted by atomic mass is 10.2. The quantitative estimate of drug-likeness (QED) is 0.640. The van der Waals surface area contributed by atoms with E-state index in [1.165, 1.54) is 0 Å². The lowest BCUT2D eigenvalue weighted by Gasteiger charge is -2.12. The zero-order valence-corrected chi connectivity index (χ0v) is 7.09. The Morgan fingerprint density at radius 1 is 1.64 bits per heavy atom. The van der Waals surface area contributed by atoms with Crippen molar-refractivity contribution < 1.29 is 9.53 Å². The van der Waals surface area contributed by atoms with Gasteiger partial charge in [-0.25, -0.2) is 0 Å². The van der Waals surface area contributed by atoms with Gasteiger partial charge >= 0.3 is 0 Å². The van der Waals surface area contributed by atoms with Crippen LogP contribution >= 0.6 is 0 Å². The number of rotatable bonds is 2. The predicted molar refractivity (Wildman–Crippen MR) is 42.3 cm³/mol. The number of hydrogen-bond donors (Lipinski definition) is 1. The molecule has 0 aromatic heterocycles. The molecule has 0 radical (unpaired) electrons. The number of carbonyl (C=O) groups is 1. The molecule has 0 aliphatic carbocycles. The number of hydrogen-bond acceptors (Lipinski definition) is 2. The Balaban J connectivity index is 2.28. The topological polar surface area (TPSA) is 38.3 Å². The Morgan fingerprint density at radius 3 is 2.82 bits per heavy atom. The molecule has 1 rings (SSSR count). The fourth-order valence-corrected chi connectivity index (χ4v) is 1.16. The summed E-state index contributed by atoms with van der Waals surface area (Å²) in [5.41, 5.74) is 0. The predicted octanol–water partition coefficient (Wildman–Crippen LogP) is 0.690. The summed E-state index contributed by atoms with van der Waals surface area (Å²) in [5, 5.41) is 2.82. The summed E-state index contributed by atoms with van der Waals surface area (Å²) in [6, 6.07) is 0.215. The third kappa shape index (κ3) is 2.50. The van der Waals surface area contributed by atoms with Gasteiger partial charge in [0, 0.05) is 12.6 Å². The van der Waals surface area contributed by atoms with Gasteiger partial charge in [0.1, 0.15) is 6.10 Å². The van der Waals surface area contributed by atoms with Crippen LogP contribution in [0.1, 0.15) is 26.7 Å². The van der Waals surface area contributed by atoms with Crippen molar-refractivity contribution in [3.05, 3.63) is 0 Å². The van der Waals surface area contributed by atoms with Crippen molar-refractivity contribution in [2.45, 2.75) is 38.8 Å². The van der Waals surface area contributed by atoms with Crippen LogP contribution in [0.3, 0.4) is 0 Å². The van der Waals surface area contributed by atoms with Crippen LogP contribution in [-0.4, -0.2) is 24.7 Å². The molecular formula is C8H15NO2. The van der Waals surface area contributed by atoms with E-state index in [4.69, 9.17) is 4.74 Å². The first kappa shape index (κ1) is 8.53. The second-order valence-corrected chi connectivity index (χ2v) is 3.16. The molecular weight excluding hydrogens is 142 g/mol. The molecule has 0 aromatic carbocycles. The summed E-state index contributed by atoms with van der Waals surface area (Å²) in [5.74, 6) is 0.0394. The fourth-order valence-electron chi connectivity index (χ4n) is 1.16. The zero-order valence-electron chi connectivity index (χ0n) is 7.09. The third-order valence-electron chi connectivity index (χ3n) is 1.65. The van der Waals surface area contributed by atoms with Crippen LogP contribution in [0.25, 0.3) is 0 Å². The number of carbonyl (C=O) groups excluding carboxylic acids is 1. The number of ether oxygens (including phenoxy) is 1. The van der Waals surface area contributed by atoms with Gasteiger partial charge in [-0.3, -0.25) is 4.79 Å². The molecule has 0 unspecified atom stereocenters. The Kier molecular flexibility index (Phi) is 2.88. The molecule has 1 aliphatic rings. The summed E-state index contributed by atoms with van der Waals surface area (Å²) in [6.07, 6.45) is 1.70. The fraction of sp³-hybridized carbons (Fsp3) is 0.875. The molecule has 1 N–H and O–H groups in total. The average molecular weight is 157 g/mol. The molecule has 1 amide bonds. The Bertz CT molecular complexity index is 139. The van der Waals surface area contributed by atoms with Crippen molar-refractivity contribution >= 4 is 5.91 Å². The van der Waals surface area contributed by atoms with E-state index < -0.39 is 0 Å². The first-order valence-corrected chi connectivity index (χ1v) is 4.12. The van der Waals surface area contributed by atoms with Crippen LogP contribution in [0.2, 0.25) is 0 Å². The van der Waals surface area contributed by atoms with Gasteiger partial charge in [0.15, 0.2) is 0 Å². The minimum atomic E-state index is -0.183. The molecule has 3 nitrogen and oxygen atoms in total. The van der Waals surface area contributed by atoms with Gasteiger partial charge in [-0.05, 0) is 26.7 Å². The first-order valence-electron chi connectivity index (χ1n) is 4.12. The standard InChI is InChI=1S/C8H15NO2/c1-6(2)9-8(10)7-4-3-5-11-7/h6-7H,3-5H2,1-2H3,(H,9,10)/t7-/m1/s1. The van der Waals surface area contributed by atoms with Gasteiger partial charge in [0.2, 0.25) is 5.91 Å². The van der Waals surface area contributed by atoms with E-state index in [0.29, 0.717) is 0 Å². The highest BCUT2D eigenvalue weighted by molar-refractivity contribution is 5.81. The molecule has 3 heteroatoms. The minimum Gasteiger partial charge on any atom is -0.368 e. The monoisotopic (exact) mass is 157 g/mol. The molecule has 0 spiro atoms. The highest BCUT2D eigenvalue weighted by atomic mass is 16.5. The zero-order chi connectivity index (χ0) is 8.27. The summed E-state index contributed by atoms with van der Waals surface area (Å²) < 4.78 is 5.20. The van der Waals surface area contributed by atoms with Crippen LogP contribution in [0.5, 0.6) is 0 Å². The van der Waals surface area contributed by atoms with Gasteiger partial charge < -0.3 is 10.1 Å². The molecule has 1 aliphatic heterocycles. The second-order valence-electron chi connectivity index (χ2n) is 3.16. The SMILES string of the molecule is CC(C)NC(=O)[C@H]1CCCO1. The van der Waals surface area contributed by atoms with Crippen LogP contribution in [0.15, 0.2) is 0 Å². The molecule has 64 valence electrons. The van der Waals surface area contributed by atoms with Gasteiger partial charge in [-0.15, -0.1) is 0 Å². The maximum atomic E-state index is 11.2. The number of amides is 1. The van der Waals surface area contributed by atoms with Gasteiger partial charge in [0.25, 0.3) is 0 Å². The summed E-state index contributed by atoms with van der Waals surface area (Å²) in [4.78, 5) is 11.2. The largest absolute Gasteiger partial charge is 0.368 e. The van der Waals surface area contributed by atoms with Crippen molar-refractivity contribution in [1.82, 2.24) is 5.32 Å². The Labute approximate surface area is 67.1 Å². The van der Waals surface area contributed by atoms with Crippen LogP contribution < -0.4 is 5.32 Å². The smallest absolute Gasteiger partial charge is 0.249 e. The van der Waals surface area contributed by atoms with E-state index in [-0.39, 0.29) is 18.1 Å². The molecule has 1 heterocycles. The lowest BCUT2D eigenvalue weighted by molar-refractivity contribution is -0.130. The van der Waals surface area contributed by atoms with E-state index in [1.807, 2.05) is 13.8 Å². The van der Waals surface area contributed by atoms with E-state index in [9.17, 15) is 4.79 Å². The maximum Gasteiger partial charge on any atom is 0.249 e. The summed E-state index contributed by atoms with van der Waals surface area (Å²) >= 11 is 0. The molecule has 0 saturated carbocycles. The van der Waals surface area contributed by atoms with Crippen molar-refractivity contribution in [2.75, 3.05) is 6.61 Å².